The standard InChI is InChI=1S/C18H30N2O2/c1-14-5-6-17(11-15(14)2)18(21)13-19-7-8-20(9-10-22-4)16(3)12-19/h5-6,11,16,18,21H,7-10,12-13H2,1-4H3/t16-,18-/m1/s1. The summed E-state index contributed by atoms with van der Waals surface area (Å²) < 4.78 is 5.17. The van der Waals surface area contributed by atoms with Gasteiger partial charge in [0.2, 0.25) is 0 Å². The highest BCUT2D eigenvalue weighted by molar-refractivity contribution is 5.31. The summed E-state index contributed by atoms with van der Waals surface area (Å²) in [6, 6.07) is 6.76. The Balaban J connectivity index is 1.87. The fraction of sp³-hybridized carbons (Fsp3) is 0.667. The van der Waals surface area contributed by atoms with Gasteiger partial charge in [0, 0.05) is 45.9 Å². The summed E-state index contributed by atoms with van der Waals surface area (Å²) in [7, 11) is 1.75. The largest absolute Gasteiger partial charge is 0.387 e. The van der Waals surface area contributed by atoms with Crippen molar-refractivity contribution in [2.45, 2.75) is 32.9 Å². The zero-order chi connectivity index (χ0) is 16.1. The molecule has 2 rings (SSSR count). The lowest BCUT2D eigenvalue weighted by molar-refractivity contribution is 0.0330. The van der Waals surface area contributed by atoms with Gasteiger partial charge < -0.3 is 9.84 Å². The van der Waals surface area contributed by atoms with Crippen LogP contribution in [0.4, 0.5) is 0 Å². The SMILES string of the molecule is COCCN1CCN(C[C@@H](O)c2ccc(C)c(C)c2)C[C@H]1C. The van der Waals surface area contributed by atoms with Crippen LogP contribution in [0.25, 0.3) is 0 Å². The summed E-state index contributed by atoms with van der Waals surface area (Å²) in [6.07, 6.45) is -0.406. The quantitative estimate of drug-likeness (QED) is 0.872. The molecule has 0 unspecified atom stereocenters. The number of aryl methyl sites for hydroxylation is 2. The van der Waals surface area contributed by atoms with Crippen molar-refractivity contribution < 1.29 is 9.84 Å². The van der Waals surface area contributed by atoms with Crippen LogP contribution in [0.3, 0.4) is 0 Å². The molecular formula is C18H30N2O2. The van der Waals surface area contributed by atoms with Gasteiger partial charge in [0.05, 0.1) is 12.7 Å². The molecule has 124 valence electrons. The number of aliphatic hydroxyl groups is 1. The van der Waals surface area contributed by atoms with Crippen LogP contribution in [0.5, 0.6) is 0 Å². The number of hydrogen-bond donors (Lipinski definition) is 1. The first kappa shape index (κ1) is 17.4. The van der Waals surface area contributed by atoms with Crippen LogP contribution >= 0.6 is 0 Å². The number of hydrogen-bond acceptors (Lipinski definition) is 4. The van der Waals surface area contributed by atoms with E-state index in [9.17, 15) is 5.11 Å². The highest BCUT2D eigenvalue weighted by Crippen LogP contribution is 2.19. The van der Waals surface area contributed by atoms with E-state index in [-0.39, 0.29) is 0 Å². The van der Waals surface area contributed by atoms with Crippen molar-refractivity contribution >= 4 is 0 Å². The van der Waals surface area contributed by atoms with Gasteiger partial charge in [-0.05, 0) is 37.5 Å². The molecule has 1 aliphatic rings. The Morgan fingerprint density at radius 2 is 2.05 bits per heavy atom. The number of ether oxygens (including phenoxy) is 1. The average Bonchev–Trinajstić information content (AvgIpc) is 2.49. The van der Waals surface area contributed by atoms with Crippen LogP contribution in [0.2, 0.25) is 0 Å². The number of aliphatic hydroxyl groups excluding tert-OH is 1. The normalized spacial score (nSPS) is 22.0. The molecule has 1 fully saturated rings. The fourth-order valence-corrected chi connectivity index (χ4v) is 3.10. The molecule has 0 bridgehead atoms. The molecule has 4 heteroatoms. The van der Waals surface area contributed by atoms with E-state index in [0.717, 1.165) is 38.3 Å². The lowest BCUT2D eigenvalue weighted by Gasteiger charge is -2.40. The molecule has 2 atom stereocenters. The maximum atomic E-state index is 10.5. The van der Waals surface area contributed by atoms with Crippen LogP contribution in [0.1, 0.15) is 29.7 Å². The fourth-order valence-electron chi connectivity index (χ4n) is 3.10. The van der Waals surface area contributed by atoms with Crippen molar-refractivity contribution in [1.82, 2.24) is 9.80 Å². The Labute approximate surface area is 134 Å². The Kier molecular flexibility index (Phi) is 6.38. The topological polar surface area (TPSA) is 35.9 Å². The molecule has 0 aliphatic carbocycles. The summed E-state index contributed by atoms with van der Waals surface area (Å²) in [5, 5.41) is 10.5. The van der Waals surface area contributed by atoms with E-state index in [4.69, 9.17) is 4.74 Å². The number of benzene rings is 1. The molecular weight excluding hydrogens is 276 g/mol. The second-order valence-electron chi connectivity index (χ2n) is 6.50. The van der Waals surface area contributed by atoms with Crippen molar-refractivity contribution in [3.8, 4) is 0 Å². The van der Waals surface area contributed by atoms with E-state index in [2.05, 4.69) is 42.7 Å². The summed E-state index contributed by atoms with van der Waals surface area (Å²) in [6.45, 7) is 12.0. The van der Waals surface area contributed by atoms with Gasteiger partial charge in [0.1, 0.15) is 0 Å². The van der Waals surface area contributed by atoms with E-state index in [0.29, 0.717) is 12.6 Å². The van der Waals surface area contributed by atoms with Crippen molar-refractivity contribution in [3.05, 3.63) is 34.9 Å². The Morgan fingerprint density at radius 1 is 1.27 bits per heavy atom. The molecule has 1 aromatic carbocycles. The minimum Gasteiger partial charge on any atom is -0.387 e. The number of β-amino-alcohol motifs (C(OH)–C–C–N with tert-alkyl or cyclic N) is 1. The number of methoxy groups -OCH3 is 1. The minimum atomic E-state index is -0.406. The molecule has 0 saturated carbocycles. The van der Waals surface area contributed by atoms with Gasteiger partial charge in [-0.25, -0.2) is 0 Å². The zero-order valence-corrected chi connectivity index (χ0v) is 14.4. The summed E-state index contributed by atoms with van der Waals surface area (Å²) in [5.74, 6) is 0. The van der Waals surface area contributed by atoms with E-state index in [1.165, 1.54) is 11.1 Å². The van der Waals surface area contributed by atoms with Gasteiger partial charge in [0.15, 0.2) is 0 Å². The third-order valence-corrected chi connectivity index (χ3v) is 4.78. The van der Waals surface area contributed by atoms with Crippen LogP contribution in [-0.4, -0.2) is 67.4 Å². The first-order valence-corrected chi connectivity index (χ1v) is 8.22. The van der Waals surface area contributed by atoms with E-state index in [1.807, 2.05) is 6.07 Å². The van der Waals surface area contributed by atoms with Crippen LogP contribution in [0.15, 0.2) is 18.2 Å². The van der Waals surface area contributed by atoms with Gasteiger partial charge >= 0.3 is 0 Å². The molecule has 1 aromatic rings. The molecule has 0 aromatic heterocycles. The molecule has 0 amide bonds. The highest BCUT2D eigenvalue weighted by atomic mass is 16.5. The third-order valence-electron chi connectivity index (χ3n) is 4.78. The van der Waals surface area contributed by atoms with Crippen LogP contribution < -0.4 is 0 Å². The van der Waals surface area contributed by atoms with Gasteiger partial charge in [0.25, 0.3) is 0 Å². The Bertz CT molecular complexity index is 478. The molecule has 22 heavy (non-hydrogen) atoms. The Morgan fingerprint density at radius 3 is 2.68 bits per heavy atom. The van der Waals surface area contributed by atoms with Gasteiger partial charge in [-0.15, -0.1) is 0 Å². The second kappa shape index (κ2) is 8.06. The van der Waals surface area contributed by atoms with E-state index in [1.54, 1.807) is 7.11 Å². The number of nitrogens with zero attached hydrogens (tertiary/aromatic N) is 2. The van der Waals surface area contributed by atoms with Crippen LogP contribution in [0, 0.1) is 13.8 Å². The maximum Gasteiger partial charge on any atom is 0.0917 e. The molecule has 0 spiro atoms. The summed E-state index contributed by atoms with van der Waals surface area (Å²) in [5.41, 5.74) is 3.54. The molecule has 1 heterocycles. The summed E-state index contributed by atoms with van der Waals surface area (Å²) >= 11 is 0. The van der Waals surface area contributed by atoms with Crippen molar-refractivity contribution in [3.63, 3.8) is 0 Å². The van der Waals surface area contributed by atoms with Crippen molar-refractivity contribution in [1.29, 1.82) is 0 Å². The summed E-state index contributed by atoms with van der Waals surface area (Å²) in [4.78, 5) is 4.83. The van der Waals surface area contributed by atoms with E-state index >= 15 is 0 Å². The molecule has 4 nitrogen and oxygen atoms in total. The van der Waals surface area contributed by atoms with E-state index < -0.39 is 6.10 Å². The average molecular weight is 306 g/mol. The zero-order valence-electron chi connectivity index (χ0n) is 14.4. The molecule has 1 aliphatic heterocycles. The van der Waals surface area contributed by atoms with Gasteiger partial charge in [-0.1, -0.05) is 18.2 Å². The highest BCUT2D eigenvalue weighted by Gasteiger charge is 2.25. The monoisotopic (exact) mass is 306 g/mol. The predicted octanol–water partition coefficient (Wildman–Crippen LogP) is 1.99. The Hall–Kier alpha value is -0.940. The first-order chi connectivity index (χ1) is 10.5. The lowest BCUT2D eigenvalue weighted by atomic mass is 10.0. The smallest absolute Gasteiger partial charge is 0.0917 e. The predicted molar refractivity (Wildman–Crippen MR) is 90.2 cm³/mol. The third kappa shape index (κ3) is 4.53. The molecule has 1 N–H and O–H groups in total. The molecule has 1 saturated heterocycles. The van der Waals surface area contributed by atoms with Gasteiger partial charge in [-0.3, -0.25) is 9.80 Å². The number of piperazine rings is 1. The van der Waals surface area contributed by atoms with Crippen molar-refractivity contribution in [2.24, 2.45) is 0 Å². The van der Waals surface area contributed by atoms with Crippen molar-refractivity contribution in [2.75, 3.05) is 46.4 Å². The minimum absolute atomic E-state index is 0.406. The van der Waals surface area contributed by atoms with Gasteiger partial charge in [-0.2, -0.15) is 0 Å². The lowest BCUT2D eigenvalue weighted by Crippen LogP contribution is -2.53. The number of rotatable bonds is 6. The molecule has 0 radical (unpaired) electrons. The first-order valence-electron chi connectivity index (χ1n) is 8.22. The maximum absolute atomic E-state index is 10.5. The second-order valence-corrected chi connectivity index (χ2v) is 6.50. The van der Waals surface area contributed by atoms with Crippen LogP contribution in [-0.2, 0) is 4.74 Å².